The van der Waals surface area contributed by atoms with Crippen LogP contribution in [0.4, 0.5) is 0 Å². The van der Waals surface area contributed by atoms with Crippen molar-refractivity contribution in [3.05, 3.63) is 24.0 Å². The molecule has 0 aromatic rings. The number of allylic oxidation sites excluding steroid dienone is 3. The van der Waals surface area contributed by atoms with Crippen LogP contribution in [0, 0.1) is 0 Å². The molecular weight excluding hydrogens is 112 g/mol. The second-order valence-corrected chi connectivity index (χ2v) is 1.85. The van der Waals surface area contributed by atoms with E-state index in [-0.39, 0.29) is 0 Å². The Labute approximate surface area is 56.2 Å². The molecule has 0 saturated heterocycles. The lowest BCUT2D eigenvalue weighted by Crippen LogP contribution is -2.07. The second kappa shape index (κ2) is 5.22. The van der Waals surface area contributed by atoms with Crippen molar-refractivity contribution in [2.24, 2.45) is 11.5 Å². The van der Waals surface area contributed by atoms with Crippen molar-refractivity contribution in [1.82, 2.24) is 0 Å². The number of hydrogen-bond acceptors (Lipinski definition) is 2. The molecule has 0 saturated carbocycles. The van der Waals surface area contributed by atoms with E-state index in [2.05, 4.69) is 6.08 Å². The van der Waals surface area contributed by atoms with Crippen molar-refractivity contribution in [2.45, 2.75) is 19.8 Å². The van der Waals surface area contributed by atoms with Crippen molar-refractivity contribution >= 4 is 0 Å². The molecular formula is C7H14N2. The van der Waals surface area contributed by atoms with Gasteiger partial charge in [0.25, 0.3) is 0 Å². The highest BCUT2D eigenvalue weighted by Crippen LogP contribution is 1.91. The lowest BCUT2D eigenvalue weighted by Gasteiger charge is -1.88. The van der Waals surface area contributed by atoms with Gasteiger partial charge in [-0.15, -0.1) is 0 Å². The van der Waals surface area contributed by atoms with Gasteiger partial charge in [-0.05, 0) is 25.8 Å². The van der Waals surface area contributed by atoms with Gasteiger partial charge in [-0.1, -0.05) is 12.2 Å². The van der Waals surface area contributed by atoms with E-state index in [4.69, 9.17) is 11.5 Å². The highest BCUT2D eigenvalue weighted by Gasteiger charge is 1.76. The molecule has 0 aromatic heterocycles. The Morgan fingerprint density at radius 3 is 2.44 bits per heavy atom. The Balaban J connectivity index is 3.20. The molecule has 52 valence electrons. The minimum Gasteiger partial charge on any atom is -0.386 e. The van der Waals surface area contributed by atoms with Crippen LogP contribution in [0.15, 0.2) is 24.0 Å². The van der Waals surface area contributed by atoms with Gasteiger partial charge >= 0.3 is 0 Å². The fourth-order valence-corrected chi connectivity index (χ4v) is 0.513. The molecule has 2 nitrogen and oxygen atoms in total. The minimum atomic E-state index is 0.416. The number of nitrogens with two attached hydrogens (primary N) is 2. The van der Waals surface area contributed by atoms with Crippen LogP contribution in [-0.4, -0.2) is 0 Å². The third-order valence-electron chi connectivity index (χ3n) is 0.949. The molecule has 4 N–H and O–H groups in total. The lowest BCUT2D eigenvalue weighted by atomic mass is 10.3. The third-order valence-corrected chi connectivity index (χ3v) is 0.949. The average molecular weight is 126 g/mol. The van der Waals surface area contributed by atoms with Crippen LogP contribution in [0.1, 0.15) is 19.8 Å². The van der Waals surface area contributed by atoms with Crippen molar-refractivity contribution < 1.29 is 0 Å². The Kier molecular flexibility index (Phi) is 4.69. The van der Waals surface area contributed by atoms with E-state index in [1.165, 1.54) is 0 Å². The van der Waals surface area contributed by atoms with Crippen LogP contribution in [0.25, 0.3) is 0 Å². The molecule has 0 aliphatic rings. The van der Waals surface area contributed by atoms with Gasteiger partial charge in [0.1, 0.15) is 0 Å². The van der Waals surface area contributed by atoms with Gasteiger partial charge in [0.05, 0.1) is 5.82 Å². The van der Waals surface area contributed by atoms with E-state index in [9.17, 15) is 0 Å². The second-order valence-electron chi connectivity index (χ2n) is 1.85. The molecule has 0 aliphatic carbocycles. The quantitative estimate of drug-likeness (QED) is 0.439. The van der Waals surface area contributed by atoms with Crippen LogP contribution in [0.5, 0.6) is 0 Å². The molecule has 0 heterocycles. The van der Waals surface area contributed by atoms with Crippen LogP contribution >= 0.6 is 0 Å². The topological polar surface area (TPSA) is 52.0 Å². The van der Waals surface area contributed by atoms with Crippen LogP contribution in [0.2, 0.25) is 0 Å². The summed E-state index contributed by atoms with van der Waals surface area (Å²) in [5.41, 5.74) is 10.4. The summed E-state index contributed by atoms with van der Waals surface area (Å²) in [4.78, 5) is 0. The monoisotopic (exact) mass is 126 g/mol. The number of rotatable bonds is 3. The summed E-state index contributed by atoms with van der Waals surface area (Å²) in [5.74, 6) is 0.416. The molecule has 0 bridgehead atoms. The molecule has 9 heavy (non-hydrogen) atoms. The zero-order valence-corrected chi connectivity index (χ0v) is 5.80. The van der Waals surface area contributed by atoms with Crippen molar-refractivity contribution in [3.63, 3.8) is 0 Å². The van der Waals surface area contributed by atoms with Gasteiger partial charge in [-0.2, -0.15) is 0 Å². The number of hydrogen-bond donors (Lipinski definition) is 2. The summed E-state index contributed by atoms with van der Waals surface area (Å²) in [6.07, 6.45) is 7.88. The first-order valence-electron chi connectivity index (χ1n) is 3.09. The van der Waals surface area contributed by atoms with E-state index >= 15 is 0 Å². The maximum atomic E-state index is 5.19. The SMILES string of the molecule is CC=CCCC=C(N)N. The van der Waals surface area contributed by atoms with Gasteiger partial charge < -0.3 is 11.5 Å². The van der Waals surface area contributed by atoms with Crippen LogP contribution in [-0.2, 0) is 0 Å². The molecule has 0 amide bonds. The summed E-state index contributed by atoms with van der Waals surface area (Å²) >= 11 is 0. The highest BCUT2D eigenvalue weighted by molar-refractivity contribution is 4.91. The van der Waals surface area contributed by atoms with Crippen molar-refractivity contribution in [2.75, 3.05) is 0 Å². The predicted octanol–water partition coefficient (Wildman–Crippen LogP) is 1.10. The summed E-state index contributed by atoms with van der Waals surface area (Å²) in [7, 11) is 0. The minimum absolute atomic E-state index is 0.416. The zero-order chi connectivity index (χ0) is 7.11. The fourth-order valence-electron chi connectivity index (χ4n) is 0.513. The highest BCUT2D eigenvalue weighted by atomic mass is 14.8. The molecule has 0 rings (SSSR count). The van der Waals surface area contributed by atoms with E-state index in [0.717, 1.165) is 12.8 Å². The van der Waals surface area contributed by atoms with E-state index < -0.39 is 0 Å². The molecule has 0 radical (unpaired) electrons. The van der Waals surface area contributed by atoms with Gasteiger partial charge in [0.15, 0.2) is 0 Å². The van der Waals surface area contributed by atoms with Gasteiger partial charge in [0.2, 0.25) is 0 Å². The predicted molar refractivity (Wildman–Crippen MR) is 40.5 cm³/mol. The molecule has 0 atom stereocenters. The standard InChI is InChI=1S/C7H14N2/c1-2-3-4-5-6-7(8)9/h2-3,6H,4-5,8-9H2,1H3. The van der Waals surface area contributed by atoms with Crippen molar-refractivity contribution in [3.8, 4) is 0 Å². The Hall–Kier alpha value is -0.920. The Morgan fingerprint density at radius 1 is 1.33 bits per heavy atom. The zero-order valence-electron chi connectivity index (χ0n) is 5.80. The molecule has 0 unspecified atom stereocenters. The first-order chi connectivity index (χ1) is 4.27. The molecule has 0 aliphatic heterocycles. The first-order valence-corrected chi connectivity index (χ1v) is 3.09. The molecule has 0 fully saturated rings. The third kappa shape index (κ3) is 7.08. The smallest absolute Gasteiger partial charge is 0.0892 e. The summed E-state index contributed by atoms with van der Waals surface area (Å²) in [6, 6.07) is 0. The maximum absolute atomic E-state index is 5.19. The summed E-state index contributed by atoms with van der Waals surface area (Å²) in [6.45, 7) is 2.00. The Bertz CT molecular complexity index is 110. The lowest BCUT2D eigenvalue weighted by molar-refractivity contribution is 1.02. The van der Waals surface area contributed by atoms with Crippen LogP contribution in [0.3, 0.4) is 0 Å². The van der Waals surface area contributed by atoms with Crippen LogP contribution < -0.4 is 11.5 Å². The summed E-state index contributed by atoms with van der Waals surface area (Å²) in [5, 5.41) is 0. The first kappa shape index (κ1) is 8.08. The maximum Gasteiger partial charge on any atom is 0.0892 e. The Morgan fingerprint density at radius 2 is 2.00 bits per heavy atom. The largest absolute Gasteiger partial charge is 0.386 e. The van der Waals surface area contributed by atoms with E-state index in [1.54, 1.807) is 0 Å². The van der Waals surface area contributed by atoms with Gasteiger partial charge in [-0.25, -0.2) is 0 Å². The molecule has 0 aromatic carbocycles. The fraction of sp³-hybridized carbons (Fsp3) is 0.429. The average Bonchev–Trinajstić information content (AvgIpc) is 1.80. The molecule has 0 spiro atoms. The van der Waals surface area contributed by atoms with Gasteiger partial charge in [0, 0.05) is 0 Å². The van der Waals surface area contributed by atoms with E-state index in [0.29, 0.717) is 5.82 Å². The van der Waals surface area contributed by atoms with Gasteiger partial charge in [-0.3, -0.25) is 0 Å². The van der Waals surface area contributed by atoms with E-state index in [1.807, 2.05) is 19.1 Å². The normalized spacial score (nSPS) is 9.89. The number of unbranched alkanes of at least 4 members (excludes halogenated alkanes) is 1. The summed E-state index contributed by atoms with van der Waals surface area (Å²) < 4.78 is 0. The van der Waals surface area contributed by atoms with Crippen molar-refractivity contribution in [1.29, 1.82) is 0 Å². The molecule has 2 heteroatoms.